The van der Waals surface area contributed by atoms with E-state index in [1.54, 1.807) is 0 Å². The Morgan fingerprint density at radius 1 is 1.10 bits per heavy atom. The average Bonchev–Trinajstić information content (AvgIpc) is 3.75. The third-order valence-corrected chi connectivity index (χ3v) is 11.6. The molecule has 2 aliphatic heterocycles. The number of benzene rings is 1. The van der Waals surface area contributed by atoms with E-state index in [1.807, 2.05) is 24.3 Å². The summed E-state index contributed by atoms with van der Waals surface area (Å²) in [6.07, 6.45) is 5.72. The van der Waals surface area contributed by atoms with Gasteiger partial charge in [-0.2, -0.15) is 5.21 Å². The number of carbonyl (C=O) groups is 2. The molecule has 0 unspecified atom stereocenters. The zero-order valence-electron chi connectivity index (χ0n) is 28.4. The summed E-state index contributed by atoms with van der Waals surface area (Å²) in [5.41, 5.74) is 4.96. The summed E-state index contributed by atoms with van der Waals surface area (Å²) in [7, 11) is 2.13. The van der Waals surface area contributed by atoms with Gasteiger partial charge in [0.15, 0.2) is 10.8 Å². The number of likely N-dealkylation sites (tertiary alicyclic amines) is 2. The van der Waals surface area contributed by atoms with E-state index >= 15 is 0 Å². The molecule has 4 aromatic rings. The van der Waals surface area contributed by atoms with Gasteiger partial charge in [0.05, 0.1) is 13.1 Å². The highest BCUT2D eigenvalue weighted by molar-refractivity contribution is 7.19. The van der Waals surface area contributed by atoms with Gasteiger partial charge in [-0.25, -0.2) is 9.97 Å². The number of tetrazole rings is 1. The van der Waals surface area contributed by atoms with Crippen LogP contribution in [0.2, 0.25) is 0 Å². The molecule has 2 fully saturated rings. The van der Waals surface area contributed by atoms with Gasteiger partial charge in [0.1, 0.15) is 29.5 Å². The van der Waals surface area contributed by atoms with Crippen molar-refractivity contribution in [3.8, 4) is 0 Å². The number of hydrogen-bond acceptors (Lipinski definition) is 9. The zero-order chi connectivity index (χ0) is 33.4. The number of thiazole rings is 1. The zero-order valence-corrected chi connectivity index (χ0v) is 29.2. The molecule has 3 aromatic heterocycles. The third-order valence-electron chi connectivity index (χ3n) is 10.6. The number of aryl methyl sites for hydroxylation is 1. The van der Waals surface area contributed by atoms with Crippen molar-refractivity contribution in [3.63, 3.8) is 0 Å². The monoisotopic (exact) mass is 671 g/mol. The fourth-order valence-corrected chi connectivity index (χ4v) is 8.35. The molecule has 1 aliphatic carbocycles. The Kier molecular flexibility index (Phi) is 9.27. The quantitative estimate of drug-likeness (QED) is 0.213. The van der Waals surface area contributed by atoms with E-state index in [2.05, 4.69) is 70.0 Å². The molecular weight excluding hydrogens is 625 g/mol. The van der Waals surface area contributed by atoms with Gasteiger partial charge in [-0.05, 0) is 92.3 Å². The van der Waals surface area contributed by atoms with Gasteiger partial charge in [-0.15, -0.1) is 10.2 Å². The van der Waals surface area contributed by atoms with Crippen LogP contribution in [0.3, 0.4) is 0 Å². The Balaban J connectivity index is 1.07. The van der Waals surface area contributed by atoms with Crippen molar-refractivity contribution < 1.29 is 14.5 Å². The molecular formula is C35H47N10O2S+. The van der Waals surface area contributed by atoms with Crippen LogP contribution in [0, 0.1) is 11.3 Å². The smallest absolute Gasteiger partial charge is 0.280 e. The number of amides is 2. The highest BCUT2D eigenvalue weighted by Crippen LogP contribution is 2.38. The normalized spacial score (nSPS) is 22.5. The first-order valence-corrected chi connectivity index (χ1v) is 18.2. The van der Waals surface area contributed by atoms with Crippen molar-refractivity contribution in [3.05, 3.63) is 63.5 Å². The number of aromatic amines is 1. The van der Waals surface area contributed by atoms with Crippen LogP contribution in [0.5, 0.6) is 0 Å². The van der Waals surface area contributed by atoms with E-state index < -0.39 is 0 Å². The number of fused-ring (bicyclic) bond motifs is 2. The molecule has 4 N–H and O–H groups in total. The standard InChI is InChI=1S/C35H46N10O2S/c1-35(2,3)25-8-9-27-24(17-25)18-29-33(38-27)48-34(39-29)32(47)37-28(12-15-45-13-10-21(11-14-45)30-40-42-43-41-30)22-6-5-7-23(16-22)31(46)36-26-19-44(4)20-26/h5-7,16,18,21,25-26,28H,8-15,17,19-20H2,1-4H3,(H,36,46)(H,37,47)(H,40,41,42,43)/p+1/t25-,28+/m0/s1. The number of nitrogens with one attached hydrogen (secondary N) is 4. The molecule has 0 spiro atoms. The minimum atomic E-state index is -0.291. The van der Waals surface area contributed by atoms with Gasteiger partial charge in [-0.1, -0.05) is 49.5 Å². The first-order chi connectivity index (χ1) is 23.1. The highest BCUT2D eigenvalue weighted by Gasteiger charge is 2.32. The molecule has 7 rings (SSSR count). The van der Waals surface area contributed by atoms with Gasteiger partial charge in [0.2, 0.25) is 0 Å². The van der Waals surface area contributed by atoms with Crippen molar-refractivity contribution in [1.82, 2.24) is 46.1 Å². The van der Waals surface area contributed by atoms with Crippen LogP contribution in [0.4, 0.5) is 0 Å². The number of hydrogen-bond donors (Lipinski definition) is 4. The summed E-state index contributed by atoms with van der Waals surface area (Å²) in [6.45, 7) is 11.4. The second kappa shape index (κ2) is 13.6. The van der Waals surface area contributed by atoms with Crippen molar-refractivity contribution in [2.24, 2.45) is 11.3 Å². The minimum Gasteiger partial charge on any atom is -0.343 e. The number of aromatic nitrogens is 6. The maximum atomic E-state index is 13.9. The maximum Gasteiger partial charge on any atom is 0.280 e. The van der Waals surface area contributed by atoms with Crippen LogP contribution >= 0.6 is 11.3 Å². The Labute approximate surface area is 285 Å². The molecule has 2 saturated heterocycles. The van der Waals surface area contributed by atoms with Gasteiger partial charge in [0, 0.05) is 23.7 Å². The van der Waals surface area contributed by atoms with E-state index in [0.29, 0.717) is 28.8 Å². The number of piperidine rings is 1. The van der Waals surface area contributed by atoms with Crippen LogP contribution in [-0.4, -0.2) is 93.1 Å². The van der Waals surface area contributed by atoms with E-state index in [0.717, 1.165) is 92.3 Å². The number of quaternary nitrogens is 1. The minimum absolute atomic E-state index is 0.0714. The highest BCUT2D eigenvalue weighted by atomic mass is 32.1. The van der Waals surface area contributed by atoms with Crippen LogP contribution in [-0.2, 0) is 12.8 Å². The number of H-pyrrole nitrogens is 1. The lowest BCUT2D eigenvalue weighted by atomic mass is 9.71. The number of carbonyl (C=O) groups excluding carboxylic acids is 2. The van der Waals surface area contributed by atoms with E-state index in [1.165, 1.54) is 21.8 Å². The molecule has 12 nitrogen and oxygen atoms in total. The second-order valence-electron chi connectivity index (χ2n) is 15.1. The van der Waals surface area contributed by atoms with Crippen LogP contribution in [0.25, 0.3) is 10.3 Å². The number of likely N-dealkylation sites (N-methyl/N-ethyl adjacent to an activating group) is 1. The summed E-state index contributed by atoms with van der Waals surface area (Å²) >= 11 is 1.36. The van der Waals surface area contributed by atoms with Crippen molar-refractivity contribution in [2.45, 2.75) is 77.3 Å². The Morgan fingerprint density at radius 3 is 2.65 bits per heavy atom. The van der Waals surface area contributed by atoms with Gasteiger partial charge in [-0.3, -0.25) is 9.59 Å². The topological polar surface area (TPSA) is 146 Å². The molecule has 3 aliphatic rings. The lowest BCUT2D eigenvalue weighted by Gasteiger charge is -2.34. The van der Waals surface area contributed by atoms with Crippen molar-refractivity contribution in [1.29, 1.82) is 0 Å². The Morgan fingerprint density at radius 2 is 1.92 bits per heavy atom. The Bertz CT molecular complexity index is 1750. The number of rotatable bonds is 9. The predicted molar refractivity (Wildman–Crippen MR) is 184 cm³/mol. The summed E-state index contributed by atoms with van der Waals surface area (Å²) < 4.78 is 0. The van der Waals surface area contributed by atoms with E-state index in [-0.39, 0.29) is 29.3 Å². The summed E-state index contributed by atoms with van der Waals surface area (Å²) in [5.74, 6) is 1.41. The third kappa shape index (κ3) is 7.28. The largest absolute Gasteiger partial charge is 0.343 e. The van der Waals surface area contributed by atoms with E-state index in [9.17, 15) is 9.59 Å². The van der Waals surface area contributed by atoms with Gasteiger partial charge < -0.3 is 20.4 Å². The number of pyridine rings is 1. The lowest BCUT2D eigenvalue weighted by molar-refractivity contribution is -0.922. The molecule has 48 heavy (non-hydrogen) atoms. The molecule has 0 radical (unpaired) electrons. The van der Waals surface area contributed by atoms with Gasteiger partial charge in [0.25, 0.3) is 11.8 Å². The van der Waals surface area contributed by atoms with Crippen LogP contribution in [0.1, 0.15) is 101 Å². The molecule has 1 aromatic carbocycles. The molecule has 13 heteroatoms. The van der Waals surface area contributed by atoms with E-state index in [4.69, 9.17) is 9.97 Å². The van der Waals surface area contributed by atoms with Crippen LogP contribution < -0.4 is 15.5 Å². The molecule has 5 heterocycles. The molecule has 0 bridgehead atoms. The summed E-state index contributed by atoms with van der Waals surface area (Å²) in [6, 6.07) is 9.75. The molecule has 254 valence electrons. The predicted octanol–water partition coefficient (Wildman–Crippen LogP) is 2.72. The fraction of sp³-hybridized carbons (Fsp3) is 0.571. The Hall–Kier alpha value is -3.81. The molecule has 0 saturated carbocycles. The SMILES string of the molecule is C[NH+]1CC(NC(=O)c2cccc([C@@H](CCN3CCC(c4nn[nH]n4)CC3)NC(=O)c3nc4cc5c(nc4s3)CC[C@H](C(C)(C)C)C5)c2)C1. The number of nitrogens with zero attached hydrogens (tertiary/aromatic N) is 6. The average molecular weight is 672 g/mol. The molecule has 2 atom stereocenters. The molecule has 2 amide bonds. The first-order valence-electron chi connectivity index (χ1n) is 17.4. The lowest BCUT2D eigenvalue weighted by Crippen LogP contribution is -3.19. The fourth-order valence-electron chi connectivity index (χ4n) is 7.51. The van der Waals surface area contributed by atoms with Crippen LogP contribution in [0.15, 0.2) is 30.3 Å². The first kappa shape index (κ1) is 32.7. The van der Waals surface area contributed by atoms with Crippen molar-refractivity contribution >= 4 is 33.5 Å². The van der Waals surface area contributed by atoms with Gasteiger partial charge >= 0.3 is 0 Å². The maximum absolute atomic E-state index is 13.9. The summed E-state index contributed by atoms with van der Waals surface area (Å²) in [4.78, 5) is 41.4. The second-order valence-corrected chi connectivity index (χ2v) is 16.1. The summed E-state index contributed by atoms with van der Waals surface area (Å²) in [5, 5.41) is 21.5. The van der Waals surface area contributed by atoms with Crippen molar-refractivity contribution in [2.75, 3.05) is 39.8 Å².